The van der Waals surface area contributed by atoms with Crippen LogP contribution >= 0.6 is 89.3 Å². The maximum Gasteiger partial charge on any atom is 0.355 e. The summed E-state index contributed by atoms with van der Waals surface area (Å²) in [5.41, 5.74) is 3.67. The van der Waals surface area contributed by atoms with Crippen molar-refractivity contribution in [2.24, 2.45) is 5.10 Å². The smallest absolute Gasteiger partial charge is 0.355 e. The molecule has 2 heterocycles. The second kappa shape index (κ2) is 13.8. The molecule has 0 aliphatic heterocycles. The molecule has 6 aromatic rings. The van der Waals surface area contributed by atoms with E-state index in [0.29, 0.717) is 41.2 Å². The molecule has 0 radical (unpaired) electrons. The summed E-state index contributed by atoms with van der Waals surface area (Å²) in [6.07, 6.45) is 1.37. The Labute approximate surface area is 301 Å². The van der Waals surface area contributed by atoms with Crippen molar-refractivity contribution in [3.8, 4) is 5.75 Å². The van der Waals surface area contributed by atoms with Gasteiger partial charge in [-0.3, -0.25) is 9.59 Å². The molecule has 46 heavy (non-hydrogen) atoms. The summed E-state index contributed by atoms with van der Waals surface area (Å²) in [7, 11) is 0. The van der Waals surface area contributed by atoms with Gasteiger partial charge in [0.25, 0.3) is 11.8 Å². The van der Waals surface area contributed by atoms with Gasteiger partial charge in [0.05, 0.1) is 16.3 Å². The van der Waals surface area contributed by atoms with Gasteiger partial charge in [0.2, 0.25) is 0 Å². The van der Waals surface area contributed by atoms with E-state index in [9.17, 15) is 14.4 Å². The number of benzene rings is 4. The summed E-state index contributed by atoms with van der Waals surface area (Å²) in [4.78, 5) is 39.4. The average molecular weight is 837 g/mol. The number of rotatable bonds is 7. The van der Waals surface area contributed by atoms with Crippen LogP contribution < -0.4 is 15.5 Å². The van der Waals surface area contributed by atoms with Gasteiger partial charge in [-0.1, -0.05) is 78.8 Å². The lowest BCUT2D eigenvalue weighted by atomic mass is 10.2. The van der Waals surface area contributed by atoms with Gasteiger partial charge in [0.15, 0.2) is 0 Å². The van der Waals surface area contributed by atoms with Crippen LogP contribution in [-0.2, 0) is 0 Å². The van der Waals surface area contributed by atoms with E-state index in [1.54, 1.807) is 60.7 Å². The fraction of sp³-hybridized carbons (Fsp3) is 0. The average Bonchev–Trinajstić information content (AvgIpc) is 3.53. The molecule has 0 atom stereocenters. The first-order valence-corrected chi connectivity index (χ1v) is 17.4. The number of nitrogens with zero attached hydrogens (tertiary/aromatic N) is 1. The van der Waals surface area contributed by atoms with Crippen molar-refractivity contribution >= 4 is 139 Å². The summed E-state index contributed by atoms with van der Waals surface area (Å²) in [5.74, 6) is -1.26. The zero-order valence-corrected chi connectivity index (χ0v) is 29.9. The van der Waals surface area contributed by atoms with Gasteiger partial charge in [-0.15, -0.1) is 22.7 Å². The summed E-state index contributed by atoms with van der Waals surface area (Å²) in [6, 6.07) is 22.1. The standard InChI is InChI=1S/C32H16Br2Cl3N3O4S2/c33-17-4-10-23(44-32(43)29-27(37)21-8-3-18(34)12-24(21)46-29)16(11-17)14-38-40-30(41)15-1-6-20(7-2-15)39-31(42)28-26(36)22-9-5-19(35)13-25(22)45-28/h1-14H,(H,39,42)(H,40,41)/b38-14-. The summed E-state index contributed by atoms with van der Waals surface area (Å²) in [5, 5.41) is 9.57. The number of esters is 1. The highest BCUT2D eigenvalue weighted by Gasteiger charge is 2.21. The Bertz CT molecular complexity index is 2220. The molecule has 14 heteroatoms. The third kappa shape index (κ3) is 7.01. The van der Waals surface area contributed by atoms with E-state index in [1.807, 2.05) is 18.2 Å². The van der Waals surface area contributed by atoms with Gasteiger partial charge >= 0.3 is 5.97 Å². The minimum atomic E-state index is -0.616. The molecule has 0 spiro atoms. The monoisotopic (exact) mass is 833 g/mol. The fourth-order valence-electron chi connectivity index (χ4n) is 4.33. The number of carbonyl (C=O) groups is 3. The number of nitrogens with one attached hydrogen (secondary N) is 2. The topological polar surface area (TPSA) is 96.9 Å². The van der Waals surface area contributed by atoms with Crippen molar-refractivity contribution in [3.05, 3.63) is 124 Å². The zero-order chi connectivity index (χ0) is 32.5. The van der Waals surface area contributed by atoms with Crippen LogP contribution in [0.1, 0.15) is 35.3 Å². The van der Waals surface area contributed by atoms with E-state index in [4.69, 9.17) is 39.5 Å². The normalized spacial score (nSPS) is 11.3. The highest BCUT2D eigenvalue weighted by molar-refractivity contribution is 9.10. The summed E-state index contributed by atoms with van der Waals surface area (Å²) in [6.45, 7) is 0. The number of hydrogen-bond acceptors (Lipinski definition) is 7. The van der Waals surface area contributed by atoms with Crippen molar-refractivity contribution < 1.29 is 19.1 Å². The van der Waals surface area contributed by atoms with Crippen molar-refractivity contribution in [2.45, 2.75) is 0 Å². The van der Waals surface area contributed by atoms with E-state index in [-0.39, 0.29) is 16.5 Å². The number of fused-ring (bicyclic) bond motifs is 2. The second-order valence-corrected chi connectivity index (χ2v) is 14.7. The minimum Gasteiger partial charge on any atom is -0.422 e. The quantitative estimate of drug-likeness (QED) is 0.0724. The van der Waals surface area contributed by atoms with Gasteiger partial charge in [0.1, 0.15) is 15.5 Å². The van der Waals surface area contributed by atoms with Crippen LogP contribution in [-0.4, -0.2) is 24.0 Å². The first-order valence-electron chi connectivity index (χ1n) is 13.1. The van der Waals surface area contributed by atoms with E-state index in [1.165, 1.54) is 28.9 Å². The molecule has 2 N–H and O–H groups in total. The molecule has 230 valence electrons. The lowest BCUT2D eigenvalue weighted by molar-refractivity contribution is 0.0739. The third-order valence-corrected chi connectivity index (χ3v) is 11.0. The molecule has 0 aliphatic carbocycles. The number of hydrogen-bond donors (Lipinski definition) is 2. The number of thiophene rings is 2. The number of hydrazone groups is 1. The Morgan fingerprint density at radius 3 is 2.13 bits per heavy atom. The van der Waals surface area contributed by atoms with Gasteiger partial charge in [-0.25, -0.2) is 10.2 Å². The summed E-state index contributed by atoms with van der Waals surface area (Å²) >= 11 is 28.3. The first kappa shape index (κ1) is 32.6. The van der Waals surface area contributed by atoms with Crippen LogP contribution in [0.5, 0.6) is 5.75 Å². The Balaban J connectivity index is 1.11. The molecule has 0 saturated carbocycles. The van der Waals surface area contributed by atoms with Gasteiger partial charge in [-0.2, -0.15) is 5.10 Å². The van der Waals surface area contributed by atoms with Crippen molar-refractivity contribution in [1.29, 1.82) is 0 Å². The van der Waals surface area contributed by atoms with Crippen LogP contribution in [0.3, 0.4) is 0 Å². The van der Waals surface area contributed by atoms with Crippen molar-refractivity contribution in [1.82, 2.24) is 5.43 Å². The molecule has 0 aliphatic rings. The molecule has 0 fully saturated rings. The number of anilines is 1. The number of carbonyl (C=O) groups excluding carboxylic acids is 3. The largest absolute Gasteiger partial charge is 0.422 e. The van der Waals surface area contributed by atoms with Crippen LogP contribution in [0.4, 0.5) is 5.69 Å². The molecule has 0 bridgehead atoms. The first-order chi connectivity index (χ1) is 22.1. The molecule has 7 nitrogen and oxygen atoms in total. The van der Waals surface area contributed by atoms with Gasteiger partial charge in [-0.05, 0) is 66.7 Å². The van der Waals surface area contributed by atoms with E-state index < -0.39 is 11.9 Å². The minimum absolute atomic E-state index is 0.225. The highest BCUT2D eigenvalue weighted by atomic mass is 79.9. The van der Waals surface area contributed by atoms with E-state index in [2.05, 4.69) is 47.7 Å². The van der Waals surface area contributed by atoms with Crippen LogP contribution in [0.15, 0.2) is 92.9 Å². The lowest BCUT2D eigenvalue weighted by Gasteiger charge is -2.08. The van der Waals surface area contributed by atoms with Crippen molar-refractivity contribution in [2.75, 3.05) is 5.32 Å². The second-order valence-electron chi connectivity index (χ2n) is 9.57. The van der Waals surface area contributed by atoms with Crippen LogP contribution in [0.25, 0.3) is 20.2 Å². The maximum atomic E-state index is 13.1. The predicted octanol–water partition coefficient (Wildman–Crippen LogP) is 10.8. The van der Waals surface area contributed by atoms with Crippen molar-refractivity contribution in [3.63, 3.8) is 0 Å². The van der Waals surface area contributed by atoms with Gasteiger partial charge in [0, 0.05) is 51.0 Å². The number of ether oxygens (including phenoxy) is 1. The molecular formula is C32H16Br2Cl3N3O4S2. The third-order valence-electron chi connectivity index (χ3n) is 6.52. The molecule has 2 aromatic heterocycles. The van der Waals surface area contributed by atoms with E-state index >= 15 is 0 Å². The SMILES string of the molecule is O=C(N/N=C\c1cc(Br)ccc1OC(=O)c1sc2cc(Br)ccc2c1Cl)c1ccc(NC(=O)c2sc3cc(Cl)ccc3c2Cl)cc1. The maximum absolute atomic E-state index is 13.1. The molecule has 0 unspecified atom stereocenters. The van der Waals surface area contributed by atoms with E-state index in [0.717, 1.165) is 24.6 Å². The Hall–Kier alpha value is -3.29. The molecule has 6 rings (SSSR count). The Kier molecular flexibility index (Phi) is 9.81. The number of amides is 2. The molecular weight excluding hydrogens is 821 g/mol. The molecule has 4 aromatic carbocycles. The van der Waals surface area contributed by atoms with Crippen LogP contribution in [0.2, 0.25) is 15.1 Å². The lowest BCUT2D eigenvalue weighted by Crippen LogP contribution is -2.18. The van der Waals surface area contributed by atoms with Crippen LogP contribution in [0, 0.1) is 0 Å². The summed E-state index contributed by atoms with van der Waals surface area (Å²) < 4.78 is 8.90. The molecule has 2 amide bonds. The molecule has 0 saturated heterocycles. The fourth-order valence-corrected chi connectivity index (χ4v) is 8.34. The number of halogens is 5. The predicted molar refractivity (Wildman–Crippen MR) is 195 cm³/mol. The Morgan fingerprint density at radius 2 is 1.37 bits per heavy atom. The zero-order valence-electron chi connectivity index (χ0n) is 22.9. The Morgan fingerprint density at radius 1 is 0.739 bits per heavy atom. The highest BCUT2D eigenvalue weighted by Crippen LogP contribution is 2.38. The van der Waals surface area contributed by atoms with Gasteiger partial charge < -0.3 is 10.1 Å².